The molecule has 2 heterocycles. The highest BCUT2D eigenvalue weighted by Crippen LogP contribution is 2.31. The lowest BCUT2D eigenvalue weighted by Crippen LogP contribution is -2.18. The molecule has 2 amide bonds. The number of halogens is 4. The lowest BCUT2D eigenvalue weighted by molar-refractivity contribution is -0.137. The smallest absolute Gasteiger partial charge is 0.320 e. The van der Waals surface area contributed by atoms with Crippen LogP contribution in [0.15, 0.2) is 73.1 Å². The Morgan fingerprint density at radius 3 is 2.40 bits per heavy atom. The zero-order chi connectivity index (χ0) is 25.2. The van der Waals surface area contributed by atoms with Crippen LogP contribution in [-0.2, 0) is 6.18 Å². The van der Waals surface area contributed by atoms with Crippen LogP contribution in [0, 0.1) is 12.7 Å². The van der Waals surface area contributed by atoms with Crippen molar-refractivity contribution in [3.63, 3.8) is 0 Å². The van der Waals surface area contributed by atoms with Gasteiger partial charge in [-0.2, -0.15) is 18.3 Å². The SMILES string of the molecule is Cc1c(C(=O)Nc2cc(F)ccc2NC(=O)c2ccccn2)cnn1-c1cccc(C(F)(F)F)c1. The molecule has 0 aliphatic carbocycles. The molecule has 0 saturated carbocycles. The lowest BCUT2D eigenvalue weighted by atomic mass is 10.2. The van der Waals surface area contributed by atoms with Crippen molar-refractivity contribution in [1.29, 1.82) is 0 Å². The zero-order valence-electron chi connectivity index (χ0n) is 18.1. The molecule has 35 heavy (non-hydrogen) atoms. The summed E-state index contributed by atoms with van der Waals surface area (Å²) in [7, 11) is 0. The normalized spacial score (nSPS) is 11.2. The Balaban J connectivity index is 1.59. The third-order valence-electron chi connectivity index (χ3n) is 5.05. The Bertz CT molecular complexity index is 1400. The van der Waals surface area contributed by atoms with Crippen LogP contribution >= 0.6 is 0 Å². The first-order valence-electron chi connectivity index (χ1n) is 10.2. The molecular weight excluding hydrogens is 466 g/mol. The number of aromatic nitrogens is 3. The highest BCUT2D eigenvalue weighted by molar-refractivity contribution is 6.09. The average molecular weight is 483 g/mol. The van der Waals surface area contributed by atoms with Gasteiger partial charge in [0, 0.05) is 6.20 Å². The van der Waals surface area contributed by atoms with E-state index in [-0.39, 0.29) is 34.0 Å². The van der Waals surface area contributed by atoms with E-state index >= 15 is 0 Å². The highest BCUT2D eigenvalue weighted by atomic mass is 19.4. The molecular formula is C24H17F4N5O2. The van der Waals surface area contributed by atoms with E-state index < -0.39 is 29.4 Å². The second-order valence-corrected chi connectivity index (χ2v) is 7.42. The lowest BCUT2D eigenvalue weighted by Gasteiger charge is -2.13. The minimum absolute atomic E-state index is 0.0227. The number of nitrogens with one attached hydrogen (secondary N) is 2. The molecule has 178 valence electrons. The van der Waals surface area contributed by atoms with Crippen LogP contribution < -0.4 is 10.6 Å². The number of carbonyl (C=O) groups excluding carboxylic acids is 2. The number of hydrogen-bond acceptors (Lipinski definition) is 4. The minimum Gasteiger partial charge on any atom is -0.320 e. The van der Waals surface area contributed by atoms with Gasteiger partial charge < -0.3 is 10.6 Å². The summed E-state index contributed by atoms with van der Waals surface area (Å²) in [6, 6.07) is 12.7. The summed E-state index contributed by atoms with van der Waals surface area (Å²) in [5.41, 5.74) is -0.212. The van der Waals surface area contributed by atoms with Crippen LogP contribution in [0.2, 0.25) is 0 Å². The van der Waals surface area contributed by atoms with Gasteiger partial charge in [-0.1, -0.05) is 12.1 Å². The number of pyridine rings is 1. The fourth-order valence-electron chi connectivity index (χ4n) is 3.31. The van der Waals surface area contributed by atoms with Crippen LogP contribution in [-0.4, -0.2) is 26.6 Å². The monoisotopic (exact) mass is 483 g/mol. The van der Waals surface area contributed by atoms with Gasteiger partial charge in [-0.3, -0.25) is 14.6 Å². The number of rotatable bonds is 5. The van der Waals surface area contributed by atoms with E-state index in [1.54, 1.807) is 12.1 Å². The number of hydrogen-bond donors (Lipinski definition) is 2. The van der Waals surface area contributed by atoms with Gasteiger partial charge in [0.2, 0.25) is 0 Å². The van der Waals surface area contributed by atoms with Gasteiger partial charge >= 0.3 is 6.18 Å². The van der Waals surface area contributed by atoms with Gasteiger partial charge in [0.05, 0.1) is 40.1 Å². The van der Waals surface area contributed by atoms with E-state index in [1.807, 2.05) is 0 Å². The molecule has 0 unspecified atom stereocenters. The number of anilines is 2. The Morgan fingerprint density at radius 2 is 1.69 bits per heavy atom. The number of alkyl halides is 3. The summed E-state index contributed by atoms with van der Waals surface area (Å²) in [5, 5.41) is 9.12. The molecule has 0 aliphatic rings. The zero-order valence-corrected chi connectivity index (χ0v) is 18.1. The summed E-state index contributed by atoms with van der Waals surface area (Å²) >= 11 is 0. The Morgan fingerprint density at radius 1 is 0.914 bits per heavy atom. The molecule has 0 saturated heterocycles. The molecule has 11 heteroatoms. The molecule has 0 radical (unpaired) electrons. The van der Waals surface area contributed by atoms with E-state index in [9.17, 15) is 27.2 Å². The number of nitrogens with zero attached hydrogens (tertiary/aromatic N) is 3. The first-order valence-corrected chi connectivity index (χ1v) is 10.2. The van der Waals surface area contributed by atoms with E-state index in [0.29, 0.717) is 0 Å². The Kier molecular flexibility index (Phi) is 6.32. The van der Waals surface area contributed by atoms with Crippen molar-refractivity contribution in [3.05, 3.63) is 101 Å². The summed E-state index contributed by atoms with van der Waals surface area (Å²) in [6.07, 6.45) is -1.91. The Labute approximate surface area is 196 Å². The standard InChI is InChI=1S/C24H17F4N5O2/c1-14-18(13-30-33(14)17-6-4-5-15(11-17)24(26,27)28)22(34)32-21-12-16(25)8-9-19(21)31-23(35)20-7-2-3-10-29-20/h2-13H,1H3,(H,31,35)(H,32,34). The van der Waals surface area contributed by atoms with Gasteiger partial charge in [0.1, 0.15) is 11.5 Å². The Hall–Kier alpha value is -4.54. The molecule has 0 aliphatic heterocycles. The van der Waals surface area contributed by atoms with Crippen LogP contribution in [0.25, 0.3) is 5.69 Å². The summed E-state index contributed by atoms with van der Waals surface area (Å²) in [6.45, 7) is 1.51. The molecule has 0 fully saturated rings. The molecule has 0 atom stereocenters. The quantitative estimate of drug-likeness (QED) is 0.380. The summed E-state index contributed by atoms with van der Waals surface area (Å²) < 4.78 is 54.3. The second kappa shape index (κ2) is 9.37. The van der Waals surface area contributed by atoms with E-state index in [1.165, 1.54) is 48.3 Å². The first kappa shape index (κ1) is 23.6. The van der Waals surface area contributed by atoms with Gasteiger partial charge in [-0.15, -0.1) is 0 Å². The van der Waals surface area contributed by atoms with Crippen LogP contribution in [0.4, 0.5) is 28.9 Å². The highest BCUT2D eigenvalue weighted by Gasteiger charge is 2.31. The van der Waals surface area contributed by atoms with Crippen molar-refractivity contribution < 1.29 is 27.2 Å². The van der Waals surface area contributed by atoms with Crippen molar-refractivity contribution in [1.82, 2.24) is 14.8 Å². The van der Waals surface area contributed by atoms with Gasteiger partial charge in [0.15, 0.2) is 0 Å². The molecule has 2 N–H and O–H groups in total. The van der Waals surface area contributed by atoms with Crippen molar-refractivity contribution >= 4 is 23.2 Å². The van der Waals surface area contributed by atoms with Crippen molar-refractivity contribution in [2.75, 3.05) is 10.6 Å². The molecule has 2 aromatic carbocycles. The third kappa shape index (κ3) is 5.18. The van der Waals surface area contributed by atoms with Crippen LogP contribution in [0.3, 0.4) is 0 Å². The molecule has 2 aromatic heterocycles. The van der Waals surface area contributed by atoms with Crippen LogP contribution in [0.5, 0.6) is 0 Å². The largest absolute Gasteiger partial charge is 0.416 e. The summed E-state index contributed by atoms with van der Waals surface area (Å²) in [4.78, 5) is 29.3. The van der Waals surface area contributed by atoms with Gasteiger partial charge in [-0.25, -0.2) is 9.07 Å². The fourth-order valence-corrected chi connectivity index (χ4v) is 3.31. The first-order chi connectivity index (χ1) is 16.6. The van der Waals surface area contributed by atoms with E-state index in [2.05, 4.69) is 20.7 Å². The molecule has 0 spiro atoms. The third-order valence-corrected chi connectivity index (χ3v) is 5.05. The van der Waals surface area contributed by atoms with Crippen LogP contribution in [0.1, 0.15) is 32.1 Å². The molecule has 0 bridgehead atoms. The topological polar surface area (TPSA) is 88.9 Å². The molecule has 7 nitrogen and oxygen atoms in total. The minimum atomic E-state index is -4.54. The van der Waals surface area contributed by atoms with Gasteiger partial charge in [-0.05, 0) is 55.5 Å². The van der Waals surface area contributed by atoms with Crippen molar-refractivity contribution in [2.24, 2.45) is 0 Å². The van der Waals surface area contributed by atoms with Crippen molar-refractivity contribution in [3.8, 4) is 5.69 Å². The second-order valence-electron chi connectivity index (χ2n) is 7.42. The predicted molar refractivity (Wildman–Crippen MR) is 120 cm³/mol. The average Bonchev–Trinajstić information content (AvgIpc) is 3.22. The van der Waals surface area contributed by atoms with E-state index in [4.69, 9.17) is 0 Å². The maximum Gasteiger partial charge on any atom is 0.416 e. The maximum absolute atomic E-state index is 13.9. The summed E-state index contributed by atoms with van der Waals surface area (Å²) in [5.74, 6) is -1.92. The maximum atomic E-state index is 13.9. The number of amides is 2. The van der Waals surface area contributed by atoms with E-state index in [0.717, 1.165) is 24.3 Å². The molecule has 4 rings (SSSR count). The van der Waals surface area contributed by atoms with Gasteiger partial charge in [0.25, 0.3) is 11.8 Å². The molecule has 4 aromatic rings. The van der Waals surface area contributed by atoms with Crippen molar-refractivity contribution in [2.45, 2.75) is 13.1 Å². The number of benzene rings is 2. The number of carbonyl (C=O) groups is 2. The fraction of sp³-hybridized carbons (Fsp3) is 0.0833. The predicted octanol–water partition coefficient (Wildman–Crippen LogP) is 5.24.